The summed E-state index contributed by atoms with van der Waals surface area (Å²) in [5, 5.41) is 12.4. The maximum Gasteiger partial charge on any atom is 0.323 e. The summed E-state index contributed by atoms with van der Waals surface area (Å²) in [6.07, 6.45) is 1.53. The fourth-order valence-electron chi connectivity index (χ4n) is 2.62. The predicted molar refractivity (Wildman–Crippen MR) is 75.4 cm³/mol. The van der Waals surface area contributed by atoms with Crippen molar-refractivity contribution in [2.75, 3.05) is 32.8 Å². The van der Waals surface area contributed by atoms with Crippen molar-refractivity contribution >= 4 is 5.97 Å². The molecule has 1 heterocycles. The zero-order chi connectivity index (χ0) is 14.5. The van der Waals surface area contributed by atoms with Gasteiger partial charge in [0.15, 0.2) is 0 Å². The third-order valence-corrected chi connectivity index (χ3v) is 3.69. The Morgan fingerprint density at radius 3 is 2.74 bits per heavy atom. The Morgan fingerprint density at radius 1 is 1.53 bits per heavy atom. The molecule has 5 nitrogen and oxygen atoms in total. The van der Waals surface area contributed by atoms with Crippen LogP contribution in [0.3, 0.4) is 0 Å². The summed E-state index contributed by atoms with van der Waals surface area (Å²) >= 11 is 0. The number of carboxylic acid groups (broad SMARTS) is 1. The highest BCUT2D eigenvalue weighted by atomic mass is 16.5. The maximum atomic E-state index is 11.3. The first kappa shape index (κ1) is 16.4. The second-order valence-corrected chi connectivity index (χ2v) is 6.16. The number of hydrogen-bond donors (Lipinski definition) is 2. The topological polar surface area (TPSA) is 61.8 Å². The fraction of sp³-hybridized carbons (Fsp3) is 0.929. The molecule has 5 heteroatoms. The first-order chi connectivity index (χ1) is 8.79. The van der Waals surface area contributed by atoms with E-state index >= 15 is 0 Å². The van der Waals surface area contributed by atoms with Crippen molar-refractivity contribution in [2.24, 2.45) is 0 Å². The number of ether oxygens (including phenoxy) is 1. The van der Waals surface area contributed by atoms with E-state index in [4.69, 9.17) is 4.74 Å². The van der Waals surface area contributed by atoms with Crippen molar-refractivity contribution < 1.29 is 14.6 Å². The summed E-state index contributed by atoms with van der Waals surface area (Å²) < 4.78 is 5.67. The average molecular weight is 272 g/mol. The van der Waals surface area contributed by atoms with Gasteiger partial charge in [-0.2, -0.15) is 0 Å². The summed E-state index contributed by atoms with van der Waals surface area (Å²) in [7, 11) is 0. The Balaban J connectivity index is 2.38. The zero-order valence-electron chi connectivity index (χ0n) is 12.7. The summed E-state index contributed by atoms with van der Waals surface area (Å²) in [6, 6.07) is 0. The number of likely N-dealkylation sites (N-methyl/N-ethyl adjacent to an activating group) is 1. The number of carboxylic acids is 1. The lowest BCUT2D eigenvalue weighted by atomic mass is 9.95. The molecular formula is C14H28N2O3. The average Bonchev–Trinajstić information content (AvgIpc) is 2.27. The van der Waals surface area contributed by atoms with Crippen LogP contribution in [0, 0.1) is 0 Å². The zero-order valence-corrected chi connectivity index (χ0v) is 12.7. The van der Waals surface area contributed by atoms with Crippen LogP contribution in [0.15, 0.2) is 0 Å². The van der Waals surface area contributed by atoms with Crippen LogP contribution in [0.5, 0.6) is 0 Å². The Labute approximate surface area is 116 Å². The third-order valence-electron chi connectivity index (χ3n) is 3.69. The van der Waals surface area contributed by atoms with E-state index < -0.39 is 11.5 Å². The molecular weight excluding hydrogens is 244 g/mol. The summed E-state index contributed by atoms with van der Waals surface area (Å²) in [5.41, 5.74) is -0.896. The molecule has 1 aliphatic rings. The molecule has 1 saturated heterocycles. The van der Waals surface area contributed by atoms with Crippen molar-refractivity contribution in [1.82, 2.24) is 10.2 Å². The van der Waals surface area contributed by atoms with Crippen molar-refractivity contribution in [3.8, 4) is 0 Å². The molecule has 2 N–H and O–H groups in total. The van der Waals surface area contributed by atoms with Crippen LogP contribution in [-0.2, 0) is 9.53 Å². The second-order valence-electron chi connectivity index (χ2n) is 6.16. The van der Waals surface area contributed by atoms with E-state index in [-0.39, 0.29) is 5.60 Å². The van der Waals surface area contributed by atoms with Gasteiger partial charge in [0, 0.05) is 13.1 Å². The highest BCUT2D eigenvalue weighted by Gasteiger charge is 2.32. The normalized spacial score (nSPS) is 22.9. The minimum Gasteiger partial charge on any atom is -0.480 e. The molecule has 1 fully saturated rings. The molecule has 0 aliphatic carbocycles. The smallest absolute Gasteiger partial charge is 0.323 e. The Morgan fingerprint density at radius 2 is 2.21 bits per heavy atom. The van der Waals surface area contributed by atoms with E-state index in [0.29, 0.717) is 13.0 Å². The van der Waals surface area contributed by atoms with Crippen molar-refractivity contribution in [1.29, 1.82) is 0 Å². The van der Waals surface area contributed by atoms with Gasteiger partial charge in [-0.15, -0.1) is 0 Å². The SMILES string of the molecule is CCNC(C)(CCCN1CCOC(C)(C)C1)C(=O)O. The lowest BCUT2D eigenvalue weighted by molar-refractivity contribution is -0.144. The van der Waals surface area contributed by atoms with Crippen LogP contribution in [0.25, 0.3) is 0 Å². The highest BCUT2D eigenvalue weighted by Crippen LogP contribution is 2.18. The summed E-state index contributed by atoms with van der Waals surface area (Å²) in [6.45, 7) is 12.1. The van der Waals surface area contributed by atoms with Gasteiger partial charge in [0.05, 0.1) is 12.2 Å². The van der Waals surface area contributed by atoms with Gasteiger partial charge in [0.1, 0.15) is 5.54 Å². The monoisotopic (exact) mass is 272 g/mol. The number of carbonyl (C=O) groups is 1. The van der Waals surface area contributed by atoms with Gasteiger partial charge in [-0.1, -0.05) is 6.92 Å². The Hall–Kier alpha value is -0.650. The molecule has 0 bridgehead atoms. The first-order valence-electron chi connectivity index (χ1n) is 7.14. The standard InChI is InChI=1S/C14H28N2O3/c1-5-15-14(4,12(17)18)7-6-8-16-9-10-19-13(2,3)11-16/h15H,5-11H2,1-4H3,(H,17,18). The minimum absolute atomic E-state index is 0.0873. The number of hydrogen-bond acceptors (Lipinski definition) is 4. The van der Waals surface area contributed by atoms with Crippen LogP contribution in [0.2, 0.25) is 0 Å². The fourth-order valence-corrected chi connectivity index (χ4v) is 2.62. The van der Waals surface area contributed by atoms with Gasteiger partial charge >= 0.3 is 5.97 Å². The van der Waals surface area contributed by atoms with Gasteiger partial charge in [-0.05, 0) is 46.7 Å². The molecule has 0 saturated carbocycles. The summed E-state index contributed by atoms with van der Waals surface area (Å²) in [4.78, 5) is 13.7. The molecule has 0 spiro atoms. The van der Waals surface area contributed by atoms with Crippen LogP contribution >= 0.6 is 0 Å². The molecule has 0 aromatic carbocycles. The lowest BCUT2D eigenvalue weighted by Crippen LogP contribution is -2.51. The van der Waals surface area contributed by atoms with E-state index in [2.05, 4.69) is 24.1 Å². The van der Waals surface area contributed by atoms with Gasteiger partial charge in [0.2, 0.25) is 0 Å². The van der Waals surface area contributed by atoms with E-state index in [9.17, 15) is 9.90 Å². The molecule has 1 unspecified atom stereocenters. The molecule has 0 amide bonds. The Bertz CT molecular complexity index is 307. The van der Waals surface area contributed by atoms with E-state index in [1.165, 1.54) is 0 Å². The molecule has 19 heavy (non-hydrogen) atoms. The molecule has 0 aromatic rings. The number of aliphatic carboxylic acids is 1. The number of rotatable bonds is 7. The van der Waals surface area contributed by atoms with Crippen LogP contribution in [0.1, 0.15) is 40.5 Å². The van der Waals surface area contributed by atoms with Crippen molar-refractivity contribution in [2.45, 2.75) is 51.7 Å². The van der Waals surface area contributed by atoms with Crippen LogP contribution < -0.4 is 5.32 Å². The van der Waals surface area contributed by atoms with Crippen LogP contribution in [0.4, 0.5) is 0 Å². The maximum absolute atomic E-state index is 11.3. The number of nitrogens with zero attached hydrogens (tertiary/aromatic N) is 1. The number of nitrogens with one attached hydrogen (secondary N) is 1. The quantitative estimate of drug-likeness (QED) is 0.732. The van der Waals surface area contributed by atoms with Crippen molar-refractivity contribution in [3.63, 3.8) is 0 Å². The Kier molecular flexibility index (Phi) is 5.77. The van der Waals surface area contributed by atoms with Gasteiger partial charge in [-0.3, -0.25) is 9.69 Å². The van der Waals surface area contributed by atoms with Gasteiger partial charge in [-0.25, -0.2) is 0 Å². The third kappa shape index (κ3) is 5.09. The van der Waals surface area contributed by atoms with Crippen molar-refractivity contribution in [3.05, 3.63) is 0 Å². The molecule has 0 radical (unpaired) electrons. The largest absolute Gasteiger partial charge is 0.480 e. The summed E-state index contributed by atoms with van der Waals surface area (Å²) in [5.74, 6) is -0.767. The predicted octanol–water partition coefficient (Wildman–Crippen LogP) is 1.33. The van der Waals surface area contributed by atoms with E-state index in [1.54, 1.807) is 6.92 Å². The lowest BCUT2D eigenvalue weighted by Gasteiger charge is -2.38. The molecule has 1 aliphatic heterocycles. The second kappa shape index (κ2) is 6.68. The van der Waals surface area contributed by atoms with E-state index in [0.717, 1.165) is 32.7 Å². The van der Waals surface area contributed by atoms with Crippen LogP contribution in [-0.4, -0.2) is 59.9 Å². The van der Waals surface area contributed by atoms with Gasteiger partial charge in [0.25, 0.3) is 0 Å². The molecule has 1 atom stereocenters. The van der Waals surface area contributed by atoms with E-state index in [1.807, 2.05) is 6.92 Å². The first-order valence-corrected chi connectivity index (χ1v) is 7.14. The van der Waals surface area contributed by atoms with Gasteiger partial charge < -0.3 is 15.2 Å². The molecule has 112 valence electrons. The number of morpholine rings is 1. The molecule has 0 aromatic heterocycles. The minimum atomic E-state index is -0.809. The highest BCUT2D eigenvalue weighted by molar-refractivity contribution is 5.78. The molecule has 1 rings (SSSR count).